The molecule has 6 heteroatoms. The molecule has 1 heterocycles. The van der Waals surface area contributed by atoms with Gasteiger partial charge in [-0.05, 0) is 18.2 Å². The summed E-state index contributed by atoms with van der Waals surface area (Å²) in [6.45, 7) is -0.246. The molecule has 106 valence electrons. The second-order valence-electron chi connectivity index (χ2n) is 4.16. The first kappa shape index (κ1) is 14.3. The summed E-state index contributed by atoms with van der Waals surface area (Å²) in [6, 6.07) is 9.15. The Morgan fingerprint density at radius 1 is 1.10 bits per heavy atom. The Labute approximate surface area is 114 Å². The van der Waals surface area contributed by atoms with E-state index in [0.29, 0.717) is 11.3 Å². The largest absolute Gasteiger partial charge is 0.418 e. The molecule has 0 unspecified atom stereocenters. The third-order valence-corrected chi connectivity index (χ3v) is 2.83. The molecule has 0 aliphatic heterocycles. The first-order valence-electron chi connectivity index (χ1n) is 5.96. The summed E-state index contributed by atoms with van der Waals surface area (Å²) in [5.41, 5.74) is 0.382. The van der Waals surface area contributed by atoms with Crippen molar-refractivity contribution in [2.45, 2.75) is 19.3 Å². The summed E-state index contributed by atoms with van der Waals surface area (Å²) in [6.07, 6.45) is -3.11. The lowest BCUT2D eigenvalue weighted by Crippen LogP contribution is -2.13. The highest BCUT2D eigenvalue weighted by molar-refractivity contribution is 5.51. The predicted molar refractivity (Wildman–Crippen MR) is 68.9 cm³/mol. The lowest BCUT2D eigenvalue weighted by Gasteiger charge is -2.14. The number of aliphatic hydroxyl groups excluding tert-OH is 1. The summed E-state index contributed by atoms with van der Waals surface area (Å²) >= 11 is 0. The molecule has 0 radical (unpaired) electrons. The van der Waals surface area contributed by atoms with Gasteiger partial charge in [-0.2, -0.15) is 13.2 Å². The van der Waals surface area contributed by atoms with Gasteiger partial charge in [0.05, 0.1) is 24.4 Å². The van der Waals surface area contributed by atoms with E-state index in [2.05, 4.69) is 10.3 Å². The maximum atomic E-state index is 12.8. The van der Waals surface area contributed by atoms with Crippen LogP contribution in [-0.4, -0.2) is 10.1 Å². The topological polar surface area (TPSA) is 45.1 Å². The van der Waals surface area contributed by atoms with Gasteiger partial charge in [-0.15, -0.1) is 0 Å². The Bertz CT molecular complexity index is 585. The van der Waals surface area contributed by atoms with Crippen LogP contribution in [0.2, 0.25) is 0 Å². The van der Waals surface area contributed by atoms with Crippen molar-refractivity contribution in [3.05, 3.63) is 59.4 Å². The molecular weight excluding hydrogens is 269 g/mol. The van der Waals surface area contributed by atoms with E-state index in [1.807, 2.05) is 0 Å². The number of rotatable bonds is 4. The molecule has 2 N–H and O–H groups in total. The average molecular weight is 282 g/mol. The minimum atomic E-state index is -4.43. The summed E-state index contributed by atoms with van der Waals surface area (Å²) in [7, 11) is 0. The van der Waals surface area contributed by atoms with Crippen LogP contribution in [0, 0.1) is 0 Å². The second-order valence-corrected chi connectivity index (χ2v) is 4.16. The zero-order valence-electron chi connectivity index (χ0n) is 10.5. The molecule has 0 aliphatic rings. The third-order valence-electron chi connectivity index (χ3n) is 2.83. The van der Waals surface area contributed by atoms with Gasteiger partial charge >= 0.3 is 6.18 Å². The van der Waals surface area contributed by atoms with E-state index in [1.165, 1.54) is 12.3 Å². The summed E-state index contributed by atoms with van der Waals surface area (Å²) in [4.78, 5) is 3.77. The highest BCUT2D eigenvalue weighted by Gasteiger charge is 2.33. The van der Waals surface area contributed by atoms with Crippen LogP contribution in [-0.2, 0) is 19.3 Å². The number of alkyl halides is 3. The van der Waals surface area contributed by atoms with Crippen LogP contribution in [0.1, 0.15) is 16.8 Å². The SMILES string of the molecule is OCc1ccccc1NCc1ncccc1C(F)(F)F. The molecule has 20 heavy (non-hydrogen) atoms. The van der Waals surface area contributed by atoms with E-state index in [4.69, 9.17) is 5.11 Å². The van der Waals surface area contributed by atoms with Gasteiger partial charge in [0, 0.05) is 17.4 Å². The van der Waals surface area contributed by atoms with E-state index in [1.54, 1.807) is 24.3 Å². The van der Waals surface area contributed by atoms with Crippen molar-refractivity contribution in [2.24, 2.45) is 0 Å². The van der Waals surface area contributed by atoms with Gasteiger partial charge in [0.1, 0.15) is 0 Å². The highest BCUT2D eigenvalue weighted by Crippen LogP contribution is 2.31. The minimum Gasteiger partial charge on any atom is -0.392 e. The van der Waals surface area contributed by atoms with Gasteiger partial charge in [0.2, 0.25) is 0 Å². The fourth-order valence-electron chi connectivity index (χ4n) is 1.85. The van der Waals surface area contributed by atoms with Gasteiger partial charge in [-0.25, -0.2) is 0 Å². The number of aliphatic hydroxyl groups is 1. The number of nitrogens with zero attached hydrogens (tertiary/aromatic N) is 1. The molecule has 0 bridgehead atoms. The Morgan fingerprint density at radius 3 is 2.55 bits per heavy atom. The molecule has 2 aromatic rings. The number of aromatic nitrogens is 1. The normalized spacial score (nSPS) is 11.4. The summed E-state index contributed by atoms with van der Waals surface area (Å²) in [5.74, 6) is 0. The van der Waals surface area contributed by atoms with Crippen molar-refractivity contribution in [1.29, 1.82) is 0 Å². The van der Waals surface area contributed by atoms with Crippen LogP contribution in [0.3, 0.4) is 0 Å². The van der Waals surface area contributed by atoms with E-state index in [-0.39, 0.29) is 18.8 Å². The van der Waals surface area contributed by atoms with Crippen LogP contribution < -0.4 is 5.32 Å². The Balaban J connectivity index is 2.20. The number of anilines is 1. The molecule has 0 saturated heterocycles. The van der Waals surface area contributed by atoms with Gasteiger partial charge in [-0.1, -0.05) is 18.2 Å². The molecular formula is C14H13F3N2O. The molecule has 1 aromatic carbocycles. The van der Waals surface area contributed by atoms with Crippen LogP contribution in [0.15, 0.2) is 42.6 Å². The molecule has 0 aliphatic carbocycles. The van der Waals surface area contributed by atoms with Gasteiger partial charge < -0.3 is 10.4 Å². The van der Waals surface area contributed by atoms with Crippen molar-refractivity contribution in [1.82, 2.24) is 4.98 Å². The van der Waals surface area contributed by atoms with Crippen molar-refractivity contribution in [2.75, 3.05) is 5.32 Å². The average Bonchev–Trinajstić information content (AvgIpc) is 2.44. The first-order valence-corrected chi connectivity index (χ1v) is 5.96. The minimum absolute atomic E-state index is 0.0628. The van der Waals surface area contributed by atoms with Crippen LogP contribution in [0.5, 0.6) is 0 Å². The maximum absolute atomic E-state index is 12.8. The molecule has 2 rings (SSSR count). The number of benzene rings is 1. The Kier molecular flexibility index (Phi) is 4.24. The monoisotopic (exact) mass is 282 g/mol. The molecule has 0 amide bonds. The number of pyridine rings is 1. The number of hydrogen-bond donors (Lipinski definition) is 2. The van der Waals surface area contributed by atoms with Gasteiger partial charge in [-0.3, -0.25) is 4.98 Å². The first-order chi connectivity index (χ1) is 9.52. The highest BCUT2D eigenvalue weighted by atomic mass is 19.4. The van der Waals surface area contributed by atoms with E-state index in [0.717, 1.165) is 6.07 Å². The number of halogens is 3. The third kappa shape index (κ3) is 3.27. The smallest absolute Gasteiger partial charge is 0.392 e. The Morgan fingerprint density at radius 2 is 1.85 bits per heavy atom. The zero-order chi connectivity index (χ0) is 14.6. The standard InChI is InChI=1S/C14H13F3N2O/c15-14(16,17)11-5-3-7-18-13(11)8-19-12-6-2-1-4-10(12)9-20/h1-7,19-20H,8-9H2. The fraction of sp³-hybridized carbons (Fsp3) is 0.214. The molecule has 0 fully saturated rings. The van der Waals surface area contributed by atoms with Crippen molar-refractivity contribution < 1.29 is 18.3 Å². The lowest BCUT2D eigenvalue weighted by molar-refractivity contribution is -0.138. The lowest BCUT2D eigenvalue weighted by atomic mass is 10.1. The predicted octanol–water partition coefficient (Wildman–Crippen LogP) is 3.20. The summed E-state index contributed by atoms with van der Waals surface area (Å²) in [5, 5.41) is 12.0. The number of nitrogens with one attached hydrogen (secondary N) is 1. The zero-order valence-corrected chi connectivity index (χ0v) is 10.5. The summed E-state index contributed by atoms with van der Waals surface area (Å²) < 4.78 is 38.4. The number of hydrogen-bond acceptors (Lipinski definition) is 3. The van der Waals surface area contributed by atoms with Gasteiger partial charge in [0.15, 0.2) is 0 Å². The van der Waals surface area contributed by atoms with Crippen LogP contribution in [0.4, 0.5) is 18.9 Å². The fourth-order valence-corrected chi connectivity index (χ4v) is 1.85. The van der Waals surface area contributed by atoms with E-state index in [9.17, 15) is 13.2 Å². The second kappa shape index (κ2) is 5.92. The van der Waals surface area contributed by atoms with E-state index < -0.39 is 11.7 Å². The molecule has 0 atom stereocenters. The maximum Gasteiger partial charge on any atom is 0.418 e. The van der Waals surface area contributed by atoms with Gasteiger partial charge in [0.25, 0.3) is 0 Å². The van der Waals surface area contributed by atoms with Crippen molar-refractivity contribution >= 4 is 5.69 Å². The van der Waals surface area contributed by atoms with Crippen molar-refractivity contribution in [3.63, 3.8) is 0 Å². The molecule has 1 aromatic heterocycles. The van der Waals surface area contributed by atoms with E-state index >= 15 is 0 Å². The van der Waals surface area contributed by atoms with Crippen LogP contribution >= 0.6 is 0 Å². The molecule has 0 saturated carbocycles. The molecule has 3 nitrogen and oxygen atoms in total. The van der Waals surface area contributed by atoms with Crippen LogP contribution in [0.25, 0.3) is 0 Å². The van der Waals surface area contributed by atoms with Crippen molar-refractivity contribution in [3.8, 4) is 0 Å². The quantitative estimate of drug-likeness (QED) is 0.905. The number of para-hydroxylation sites is 1. The molecule has 0 spiro atoms. The Hall–Kier alpha value is -2.08.